The number of esters is 1. The summed E-state index contributed by atoms with van der Waals surface area (Å²) in [4.78, 5) is 11.3. The standard InChI is InChI=1S/C16H18O5/c1-2-21-15(19)9-14(18)16(20)12-4-3-11-8-13(17)6-5-10(11)7-12/h3-8,14,16-18,20H,2,9H2,1H3. The number of phenols is 1. The zero-order valence-electron chi connectivity index (χ0n) is 11.7. The summed E-state index contributed by atoms with van der Waals surface area (Å²) in [7, 11) is 0. The minimum atomic E-state index is -1.22. The highest BCUT2D eigenvalue weighted by atomic mass is 16.5. The first-order valence-corrected chi connectivity index (χ1v) is 6.75. The van der Waals surface area contributed by atoms with Gasteiger partial charge in [0.05, 0.1) is 19.1 Å². The molecule has 0 spiro atoms. The molecule has 5 heteroatoms. The van der Waals surface area contributed by atoms with E-state index in [1.165, 1.54) is 0 Å². The summed E-state index contributed by atoms with van der Waals surface area (Å²) in [6, 6.07) is 9.99. The predicted molar refractivity (Wildman–Crippen MR) is 77.8 cm³/mol. The Hall–Kier alpha value is -2.11. The average Bonchev–Trinajstić information content (AvgIpc) is 2.46. The molecular formula is C16H18O5. The van der Waals surface area contributed by atoms with Gasteiger partial charge in [-0.2, -0.15) is 0 Å². The quantitative estimate of drug-likeness (QED) is 0.732. The third-order valence-corrected chi connectivity index (χ3v) is 3.23. The van der Waals surface area contributed by atoms with E-state index in [9.17, 15) is 20.1 Å². The first-order valence-electron chi connectivity index (χ1n) is 6.75. The molecule has 0 aliphatic heterocycles. The van der Waals surface area contributed by atoms with Crippen LogP contribution in [0.5, 0.6) is 5.75 Å². The molecule has 0 bridgehead atoms. The van der Waals surface area contributed by atoms with Gasteiger partial charge in [0.25, 0.3) is 0 Å². The molecule has 0 radical (unpaired) electrons. The zero-order chi connectivity index (χ0) is 15.4. The molecule has 0 amide bonds. The van der Waals surface area contributed by atoms with Crippen LogP contribution >= 0.6 is 0 Å². The summed E-state index contributed by atoms with van der Waals surface area (Å²) in [5.41, 5.74) is 0.505. The van der Waals surface area contributed by atoms with Crippen molar-refractivity contribution < 1.29 is 24.9 Å². The lowest BCUT2D eigenvalue weighted by Crippen LogP contribution is -2.23. The third kappa shape index (κ3) is 3.71. The monoisotopic (exact) mass is 290 g/mol. The Balaban J connectivity index is 2.16. The minimum Gasteiger partial charge on any atom is -0.508 e. The van der Waals surface area contributed by atoms with Crippen molar-refractivity contribution in [3.8, 4) is 5.75 Å². The van der Waals surface area contributed by atoms with Gasteiger partial charge in [0.15, 0.2) is 0 Å². The molecule has 3 N–H and O–H groups in total. The smallest absolute Gasteiger partial charge is 0.308 e. The summed E-state index contributed by atoms with van der Waals surface area (Å²) < 4.78 is 4.74. The maximum Gasteiger partial charge on any atom is 0.308 e. The van der Waals surface area contributed by atoms with Gasteiger partial charge < -0.3 is 20.1 Å². The molecule has 0 saturated heterocycles. The number of aromatic hydroxyl groups is 1. The van der Waals surface area contributed by atoms with Gasteiger partial charge in [0, 0.05) is 0 Å². The molecule has 0 heterocycles. The first-order chi connectivity index (χ1) is 10.0. The van der Waals surface area contributed by atoms with Crippen molar-refractivity contribution in [3.63, 3.8) is 0 Å². The second-order valence-corrected chi connectivity index (χ2v) is 4.81. The zero-order valence-corrected chi connectivity index (χ0v) is 11.7. The molecule has 2 rings (SSSR count). The Morgan fingerprint density at radius 3 is 2.52 bits per heavy atom. The first kappa shape index (κ1) is 15.3. The summed E-state index contributed by atoms with van der Waals surface area (Å²) in [5.74, 6) is -0.382. The van der Waals surface area contributed by atoms with Crippen LogP contribution < -0.4 is 0 Å². The van der Waals surface area contributed by atoms with E-state index in [0.29, 0.717) is 5.56 Å². The van der Waals surface area contributed by atoms with Crippen LogP contribution in [-0.2, 0) is 9.53 Å². The van der Waals surface area contributed by atoms with Gasteiger partial charge in [-0.25, -0.2) is 0 Å². The maximum absolute atomic E-state index is 11.3. The van der Waals surface area contributed by atoms with E-state index < -0.39 is 18.2 Å². The van der Waals surface area contributed by atoms with Crippen molar-refractivity contribution in [1.29, 1.82) is 0 Å². The fraction of sp³-hybridized carbons (Fsp3) is 0.312. The lowest BCUT2D eigenvalue weighted by molar-refractivity contribution is -0.147. The topological polar surface area (TPSA) is 87.0 Å². The van der Waals surface area contributed by atoms with Crippen LogP contribution in [0.2, 0.25) is 0 Å². The number of aliphatic hydroxyl groups is 2. The number of hydrogen-bond acceptors (Lipinski definition) is 5. The average molecular weight is 290 g/mol. The predicted octanol–water partition coefficient (Wildman–Crippen LogP) is 1.89. The number of ether oxygens (including phenoxy) is 1. The Kier molecular flexibility index (Phi) is 4.77. The molecule has 0 aliphatic carbocycles. The molecule has 2 aromatic carbocycles. The normalized spacial score (nSPS) is 13.9. The molecule has 21 heavy (non-hydrogen) atoms. The SMILES string of the molecule is CCOC(=O)CC(O)C(O)c1ccc2cc(O)ccc2c1. The fourth-order valence-corrected chi connectivity index (χ4v) is 2.16. The van der Waals surface area contributed by atoms with E-state index in [0.717, 1.165) is 10.8 Å². The van der Waals surface area contributed by atoms with Crippen LogP contribution in [0.4, 0.5) is 0 Å². The second kappa shape index (κ2) is 6.56. The lowest BCUT2D eigenvalue weighted by atomic mass is 9.99. The summed E-state index contributed by atoms with van der Waals surface area (Å²) in [5, 5.41) is 31.1. The van der Waals surface area contributed by atoms with Crippen LogP contribution in [0.3, 0.4) is 0 Å². The van der Waals surface area contributed by atoms with Gasteiger partial charge in [-0.15, -0.1) is 0 Å². The van der Waals surface area contributed by atoms with E-state index >= 15 is 0 Å². The highest BCUT2D eigenvalue weighted by Gasteiger charge is 2.22. The van der Waals surface area contributed by atoms with E-state index in [-0.39, 0.29) is 18.8 Å². The number of phenolic OH excluding ortho intramolecular Hbond substituents is 1. The number of fused-ring (bicyclic) bond motifs is 1. The van der Waals surface area contributed by atoms with Crippen LogP contribution in [0, 0.1) is 0 Å². The Bertz CT molecular complexity index is 638. The van der Waals surface area contributed by atoms with Crippen molar-refractivity contribution >= 4 is 16.7 Å². The minimum absolute atomic E-state index is 0.165. The molecule has 0 aromatic heterocycles. The molecule has 112 valence electrons. The number of benzene rings is 2. The maximum atomic E-state index is 11.3. The molecule has 0 saturated carbocycles. The molecule has 5 nitrogen and oxygen atoms in total. The van der Waals surface area contributed by atoms with Crippen LogP contribution in [0.15, 0.2) is 36.4 Å². The molecule has 2 aromatic rings. The largest absolute Gasteiger partial charge is 0.508 e. The van der Waals surface area contributed by atoms with Crippen molar-refractivity contribution in [2.24, 2.45) is 0 Å². The van der Waals surface area contributed by atoms with E-state index in [2.05, 4.69) is 0 Å². The van der Waals surface area contributed by atoms with Gasteiger partial charge in [-0.3, -0.25) is 4.79 Å². The van der Waals surface area contributed by atoms with Gasteiger partial charge in [0.2, 0.25) is 0 Å². The van der Waals surface area contributed by atoms with E-state index in [1.54, 1.807) is 43.3 Å². The van der Waals surface area contributed by atoms with Gasteiger partial charge >= 0.3 is 5.97 Å². The number of rotatable bonds is 5. The van der Waals surface area contributed by atoms with Crippen molar-refractivity contribution in [3.05, 3.63) is 42.0 Å². The van der Waals surface area contributed by atoms with Crippen molar-refractivity contribution in [2.45, 2.75) is 25.6 Å². The van der Waals surface area contributed by atoms with E-state index in [1.807, 2.05) is 0 Å². The van der Waals surface area contributed by atoms with Crippen LogP contribution in [0.25, 0.3) is 10.8 Å². The van der Waals surface area contributed by atoms with Crippen molar-refractivity contribution in [2.75, 3.05) is 6.61 Å². The summed E-state index contributed by atoms with van der Waals surface area (Å²) >= 11 is 0. The Morgan fingerprint density at radius 2 is 1.81 bits per heavy atom. The second-order valence-electron chi connectivity index (χ2n) is 4.81. The van der Waals surface area contributed by atoms with Gasteiger partial charge in [-0.05, 0) is 41.5 Å². The number of aliphatic hydroxyl groups excluding tert-OH is 2. The lowest BCUT2D eigenvalue weighted by Gasteiger charge is -2.18. The molecule has 0 fully saturated rings. The third-order valence-electron chi connectivity index (χ3n) is 3.23. The molecular weight excluding hydrogens is 272 g/mol. The van der Waals surface area contributed by atoms with E-state index in [4.69, 9.17) is 4.74 Å². The molecule has 2 atom stereocenters. The fourth-order valence-electron chi connectivity index (χ4n) is 2.16. The molecule has 0 aliphatic rings. The number of carbonyl (C=O) groups is 1. The van der Waals surface area contributed by atoms with Crippen LogP contribution in [0.1, 0.15) is 25.0 Å². The molecule has 2 unspecified atom stereocenters. The van der Waals surface area contributed by atoms with Crippen LogP contribution in [-0.4, -0.2) is 34.0 Å². The highest BCUT2D eigenvalue weighted by molar-refractivity contribution is 5.84. The summed E-state index contributed by atoms with van der Waals surface area (Å²) in [6.07, 6.45) is -2.66. The highest BCUT2D eigenvalue weighted by Crippen LogP contribution is 2.26. The number of hydrogen-bond donors (Lipinski definition) is 3. The summed E-state index contributed by atoms with van der Waals surface area (Å²) in [6.45, 7) is 1.92. The van der Waals surface area contributed by atoms with Crippen molar-refractivity contribution in [1.82, 2.24) is 0 Å². The Morgan fingerprint density at radius 1 is 1.14 bits per heavy atom. The Labute approximate surface area is 122 Å². The van der Waals surface area contributed by atoms with Gasteiger partial charge in [0.1, 0.15) is 11.9 Å². The van der Waals surface area contributed by atoms with Gasteiger partial charge in [-0.1, -0.05) is 18.2 Å². The number of carbonyl (C=O) groups excluding carboxylic acids is 1.